The van der Waals surface area contributed by atoms with E-state index in [2.05, 4.69) is 88.0 Å². The van der Waals surface area contributed by atoms with Gasteiger partial charge in [0.15, 0.2) is 0 Å². The van der Waals surface area contributed by atoms with Crippen LogP contribution in [0.5, 0.6) is 0 Å². The van der Waals surface area contributed by atoms with Crippen molar-refractivity contribution >= 4 is 43.6 Å². The average Bonchev–Trinajstić information content (AvgIpc) is 3.70. The monoisotopic (exact) mass is 635 g/mol. The summed E-state index contributed by atoms with van der Waals surface area (Å²) in [6.07, 6.45) is 0. The number of fused-ring (bicyclic) bond motifs is 6. The first-order chi connectivity index (χ1) is 24.7. The zero-order valence-corrected chi connectivity index (χ0v) is 26.7. The zero-order chi connectivity index (χ0) is 33.8. The lowest BCUT2D eigenvalue weighted by Gasteiger charge is -2.18. The fourth-order valence-corrected chi connectivity index (χ4v) is 7.53. The first-order valence-corrected chi connectivity index (χ1v) is 16.3. The highest BCUT2D eigenvalue weighted by Gasteiger charge is 2.21. The molecule has 0 aliphatic heterocycles. The topological polar surface area (TPSA) is 81.2 Å². The maximum absolute atomic E-state index is 10.4. The molecule has 5 nitrogen and oxygen atoms in total. The Hall–Kier alpha value is -7.39. The molecule has 50 heavy (non-hydrogen) atoms. The van der Waals surface area contributed by atoms with Gasteiger partial charge in [-0.3, -0.25) is 0 Å². The summed E-state index contributed by atoms with van der Waals surface area (Å²) in [6.45, 7) is 0. The van der Waals surface area contributed by atoms with Crippen molar-refractivity contribution < 1.29 is 0 Å². The molecule has 9 rings (SSSR count). The molecule has 0 atom stereocenters. The van der Waals surface area contributed by atoms with Gasteiger partial charge in [-0.1, -0.05) is 84.9 Å². The second kappa shape index (κ2) is 11.4. The van der Waals surface area contributed by atoms with E-state index >= 15 is 0 Å². The minimum absolute atomic E-state index is 0.571. The van der Waals surface area contributed by atoms with Crippen LogP contribution in [0.25, 0.3) is 77.2 Å². The summed E-state index contributed by atoms with van der Waals surface area (Å²) >= 11 is 0. The number of rotatable bonds is 4. The van der Waals surface area contributed by atoms with Crippen LogP contribution in [0.1, 0.15) is 16.7 Å². The van der Waals surface area contributed by atoms with E-state index in [0.29, 0.717) is 16.7 Å². The Bertz CT molecular complexity index is 2970. The Balaban J connectivity index is 1.30. The van der Waals surface area contributed by atoms with E-state index in [0.717, 1.165) is 77.2 Å². The summed E-state index contributed by atoms with van der Waals surface area (Å²) < 4.78 is 4.45. The quantitative estimate of drug-likeness (QED) is 0.193. The molecule has 0 unspecified atom stereocenters. The van der Waals surface area contributed by atoms with Crippen molar-refractivity contribution in [2.24, 2.45) is 0 Å². The number of benzene rings is 7. The van der Waals surface area contributed by atoms with Gasteiger partial charge in [-0.25, -0.2) is 0 Å². The van der Waals surface area contributed by atoms with Crippen LogP contribution in [0.3, 0.4) is 0 Å². The van der Waals surface area contributed by atoms with Gasteiger partial charge in [0, 0.05) is 38.4 Å². The molecule has 0 radical (unpaired) electrons. The van der Waals surface area contributed by atoms with Crippen LogP contribution in [0, 0.1) is 34.0 Å². The summed E-state index contributed by atoms with van der Waals surface area (Å²) in [5, 5.41) is 34.1. The molecule has 2 aromatic heterocycles. The standard InChI is InChI=1S/C45H25N5/c46-26-29-20-23-43-39(24-29)36-14-4-6-16-40(36)49(43)32-22-21-30(27-47)38(25-32)34-12-2-1-11-33(34)35-13-3-7-17-41(35)50-42-18-8-5-15-37(42)45-31(28-48)10-9-19-44(45)50/h1-25H. The molecule has 0 aliphatic carbocycles. The van der Waals surface area contributed by atoms with Crippen LogP contribution in [0.2, 0.25) is 0 Å². The number of aromatic nitrogens is 2. The summed E-state index contributed by atoms with van der Waals surface area (Å²) in [7, 11) is 0. The Morgan fingerprint density at radius 1 is 0.380 bits per heavy atom. The van der Waals surface area contributed by atoms with Crippen LogP contribution in [0.4, 0.5) is 0 Å². The van der Waals surface area contributed by atoms with Gasteiger partial charge >= 0.3 is 0 Å². The van der Waals surface area contributed by atoms with E-state index in [4.69, 9.17) is 0 Å². The molecule has 0 saturated heterocycles. The maximum Gasteiger partial charge on any atom is 0.0998 e. The Morgan fingerprint density at radius 2 is 1.00 bits per heavy atom. The molecular formula is C45H25N5. The SMILES string of the molecule is N#Cc1ccc2c(c1)c1ccccc1n2-c1ccc(C#N)c(-c2ccccc2-c2ccccc2-n2c3ccccc3c3c(C#N)cccc32)c1. The fourth-order valence-electron chi connectivity index (χ4n) is 7.53. The summed E-state index contributed by atoms with van der Waals surface area (Å²) in [5.74, 6) is 0. The van der Waals surface area contributed by atoms with Crippen molar-refractivity contribution in [3.05, 3.63) is 168 Å². The molecule has 7 aromatic carbocycles. The van der Waals surface area contributed by atoms with Crippen LogP contribution in [-0.2, 0) is 0 Å². The Morgan fingerprint density at radius 3 is 1.76 bits per heavy atom. The Kier molecular flexibility index (Phi) is 6.56. The third kappa shape index (κ3) is 4.24. The molecule has 0 fully saturated rings. The van der Waals surface area contributed by atoms with Gasteiger partial charge in [0.2, 0.25) is 0 Å². The normalized spacial score (nSPS) is 11.1. The lowest BCUT2D eigenvalue weighted by atomic mass is 9.91. The van der Waals surface area contributed by atoms with Crippen molar-refractivity contribution in [3.63, 3.8) is 0 Å². The minimum Gasteiger partial charge on any atom is -0.309 e. The summed E-state index contributed by atoms with van der Waals surface area (Å²) in [4.78, 5) is 0. The lowest BCUT2D eigenvalue weighted by Crippen LogP contribution is -1.99. The molecule has 0 N–H and O–H groups in total. The first kappa shape index (κ1) is 28.8. The highest BCUT2D eigenvalue weighted by molar-refractivity contribution is 6.13. The smallest absolute Gasteiger partial charge is 0.0998 e. The van der Waals surface area contributed by atoms with E-state index < -0.39 is 0 Å². The van der Waals surface area contributed by atoms with Crippen LogP contribution < -0.4 is 0 Å². The first-order valence-electron chi connectivity index (χ1n) is 16.3. The third-order valence-corrected chi connectivity index (χ3v) is 9.65. The predicted octanol–water partition coefficient (Wildman–Crippen LogP) is 10.8. The molecule has 0 saturated carbocycles. The summed E-state index contributed by atoms with van der Waals surface area (Å²) in [5.41, 5.74) is 11.5. The second-order valence-corrected chi connectivity index (χ2v) is 12.3. The van der Waals surface area contributed by atoms with Gasteiger partial charge in [-0.15, -0.1) is 0 Å². The highest BCUT2D eigenvalue weighted by Crippen LogP contribution is 2.42. The molecule has 2 heterocycles. The van der Waals surface area contributed by atoms with Gasteiger partial charge in [-0.05, 0) is 77.9 Å². The number of hydrogen-bond donors (Lipinski definition) is 0. The van der Waals surface area contributed by atoms with Gasteiger partial charge in [0.25, 0.3) is 0 Å². The fraction of sp³-hybridized carbons (Fsp3) is 0. The van der Waals surface area contributed by atoms with Crippen molar-refractivity contribution in [2.45, 2.75) is 0 Å². The van der Waals surface area contributed by atoms with Crippen molar-refractivity contribution in [1.82, 2.24) is 9.13 Å². The number of nitriles is 3. The van der Waals surface area contributed by atoms with Crippen molar-refractivity contribution in [1.29, 1.82) is 15.8 Å². The number of nitrogens with zero attached hydrogens (tertiary/aromatic N) is 5. The highest BCUT2D eigenvalue weighted by atomic mass is 15.0. The molecule has 5 heteroatoms. The maximum atomic E-state index is 10.4. The lowest BCUT2D eigenvalue weighted by molar-refractivity contribution is 1.18. The molecule has 0 amide bonds. The van der Waals surface area contributed by atoms with E-state index in [-0.39, 0.29) is 0 Å². The Labute approximate surface area is 287 Å². The van der Waals surface area contributed by atoms with E-state index in [1.165, 1.54) is 0 Å². The van der Waals surface area contributed by atoms with E-state index in [9.17, 15) is 15.8 Å². The van der Waals surface area contributed by atoms with Gasteiger partial charge in [-0.2, -0.15) is 15.8 Å². The largest absolute Gasteiger partial charge is 0.309 e. The number of para-hydroxylation sites is 3. The average molecular weight is 636 g/mol. The zero-order valence-electron chi connectivity index (χ0n) is 26.7. The van der Waals surface area contributed by atoms with Crippen molar-refractivity contribution in [3.8, 4) is 51.8 Å². The van der Waals surface area contributed by atoms with Crippen LogP contribution in [0.15, 0.2) is 152 Å². The molecule has 0 spiro atoms. The van der Waals surface area contributed by atoms with Crippen LogP contribution in [-0.4, -0.2) is 9.13 Å². The molecule has 230 valence electrons. The molecule has 0 aliphatic rings. The van der Waals surface area contributed by atoms with E-state index in [1.807, 2.05) is 91.0 Å². The van der Waals surface area contributed by atoms with Gasteiger partial charge < -0.3 is 9.13 Å². The second-order valence-electron chi connectivity index (χ2n) is 12.3. The molecule has 9 aromatic rings. The van der Waals surface area contributed by atoms with Crippen molar-refractivity contribution in [2.75, 3.05) is 0 Å². The third-order valence-electron chi connectivity index (χ3n) is 9.65. The predicted molar refractivity (Wildman–Crippen MR) is 200 cm³/mol. The van der Waals surface area contributed by atoms with Gasteiger partial charge in [0.1, 0.15) is 0 Å². The van der Waals surface area contributed by atoms with E-state index in [1.54, 1.807) is 0 Å². The minimum atomic E-state index is 0.571. The van der Waals surface area contributed by atoms with Crippen LogP contribution >= 0.6 is 0 Å². The summed E-state index contributed by atoms with van der Waals surface area (Å²) in [6, 6.07) is 57.8. The molecule has 0 bridgehead atoms. The van der Waals surface area contributed by atoms with Gasteiger partial charge in [0.05, 0.1) is 62.7 Å². The number of hydrogen-bond acceptors (Lipinski definition) is 3. The molecular weight excluding hydrogens is 611 g/mol.